The Morgan fingerprint density at radius 1 is 1.44 bits per heavy atom. The van der Waals surface area contributed by atoms with E-state index in [0.717, 1.165) is 4.90 Å². The predicted molar refractivity (Wildman–Crippen MR) is 65.4 cm³/mol. The lowest BCUT2D eigenvalue weighted by atomic mass is 10.5. The second kappa shape index (κ2) is 4.79. The number of halogens is 1. The van der Waals surface area contributed by atoms with Crippen molar-refractivity contribution in [1.29, 1.82) is 0 Å². The number of pyridine rings is 1. The fraction of sp³-hybridized carbons (Fsp3) is 0.500. The van der Waals surface area contributed by atoms with Gasteiger partial charge in [0.25, 0.3) is 0 Å². The lowest BCUT2D eigenvalue weighted by molar-refractivity contribution is 0.0741. The van der Waals surface area contributed by atoms with Crippen LogP contribution in [0, 0.1) is 0 Å². The number of hydrogen-bond donors (Lipinski definition) is 1. The van der Waals surface area contributed by atoms with Gasteiger partial charge < -0.3 is 4.74 Å². The van der Waals surface area contributed by atoms with Crippen LogP contribution in [-0.4, -0.2) is 46.1 Å². The van der Waals surface area contributed by atoms with E-state index >= 15 is 0 Å². The van der Waals surface area contributed by atoms with E-state index in [1.807, 2.05) is 4.31 Å². The Morgan fingerprint density at radius 2 is 2.12 bits per heavy atom. The fourth-order valence-electron chi connectivity index (χ4n) is 1.71. The largest absolute Gasteiger partial charge is 0.379 e. The Labute approximate surface area is 101 Å². The van der Waals surface area contributed by atoms with Crippen molar-refractivity contribution in [2.24, 2.45) is 0 Å². The first-order chi connectivity index (χ1) is 7.60. The molecular weight excluding hydrogens is 248 g/mol. The zero-order valence-electron chi connectivity index (χ0n) is 9.10. The minimum atomic E-state index is -2.51. The molecule has 2 rings (SSSR count). The average Bonchev–Trinajstić information content (AvgIpc) is 2.31. The predicted octanol–water partition coefficient (Wildman–Crippen LogP) is 0.988. The van der Waals surface area contributed by atoms with E-state index in [-0.39, 0.29) is 0 Å². The maximum absolute atomic E-state index is 12.7. The van der Waals surface area contributed by atoms with Gasteiger partial charge in [0.15, 0.2) is 0 Å². The average molecular weight is 263 g/mol. The van der Waals surface area contributed by atoms with Crippen LogP contribution in [0.1, 0.15) is 0 Å². The highest BCUT2D eigenvalue weighted by Crippen LogP contribution is 2.22. The monoisotopic (exact) mass is 262 g/mol. The maximum atomic E-state index is 12.7. The molecule has 0 N–H and O–H groups in total. The van der Waals surface area contributed by atoms with Crippen molar-refractivity contribution in [2.75, 3.05) is 32.6 Å². The highest BCUT2D eigenvalue weighted by atomic mass is 35.5. The molecular formula is C10H15ClN2O2S. The van der Waals surface area contributed by atoms with E-state index < -0.39 is 10.1 Å². The van der Waals surface area contributed by atoms with Crippen LogP contribution in [0.15, 0.2) is 23.2 Å². The van der Waals surface area contributed by atoms with Crippen LogP contribution >= 0.6 is 11.6 Å². The zero-order valence-corrected chi connectivity index (χ0v) is 10.7. The molecule has 0 atom stereocenters. The minimum Gasteiger partial charge on any atom is -0.379 e. The van der Waals surface area contributed by atoms with Gasteiger partial charge in [-0.25, -0.2) is 9.29 Å². The summed E-state index contributed by atoms with van der Waals surface area (Å²) >= 11 is 5.71. The Balaban J connectivity index is 2.23. The van der Waals surface area contributed by atoms with E-state index in [2.05, 4.69) is 4.98 Å². The van der Waals surface area contributed by atoms with Crippen LogP contribution in [0.4, 0.5) is 0 Å². The van der Waals surface area contributed by atoms with Crippen molar-refractivity contribution < 1.29 is 8.95 Å². The first-order valence-corrected chi connectivity index (χ1v) is 7.62. The number of morpholine rings is 1. The first-order valence-electron chi connectivity index (χ1n) is 5.13. The SMILES string of the molecule is C[SH](=O)(c1ccc(Cl)nc1)N1CCOCC1. The quantitative estimate of drug-likeness (QED) is 0.638. The van der Waals surface area contributed by atoms with E-state index in [4.69, 9.17) is 16.3 Å². The Bertz CT molecular complexity index is 404. The number of aromatic nitrogens is 1. The smallest absolute Gasteiger partial charge is 0.129 e. The summed E-state index contributed by atoms with van der Waals surface area (Å²) in [6.07, 6.45) is 3.36. The highest BCUT2D eigenvalue weighted by Gasteiger charge is 2.23. The molecule has 0 aliphatic carbocycles. The molecule has 0 spiro atoms. The van der Waals surface area contributed by atoms with Crippen LogP contribution < -0.4 is 0 Å². The van der Waals surface area contributed by atoms with Crippen molar-refractivity contribution in [3.05, 3.63) is 23.5 Å². The molecule has 0 bridgehead atoms. The van der Waals surface area contributed by atoms with Gasteiger partial charge in [-0.3, -0.25) is 4.21 Å². The summed E-state index contributed by atoms with van der Waals surface area (Å²) in [5.74, 6) is 0. The molecule has 1 saturated heterocycles. The number of hydrogen-bond acceptors (Lipinski definition) is 3. The van der Waals surface area contributed by atoms with E-state index in [1.165, 1.54) is 0 Å². The summed E-state index contributed by atoms with van der Waals surface area (Å²) in [6.45, 7) is 2.69. The molecule has 1 aliphatic rings. The van der Waals surface area contributed by atoms with Gasteiger partial charge in [0, 0.05) is 30.4 Å². The lowest BCUT2D eigenvalue weighted by Crippen LogP contribution is -2.44. The Hall–Kier alpha value is -0.490. The first kappa shape index (κ1) is 12.0. The third-order valence-corrected chi connectivity index (χ3v) is 5.64. The number of ether oxygens (including phenoxy) is 1. The van der Waals surface area contributed by atoms with Gasteiger partial charge in [-0.05, 0) is 22.3 Å². The third-order valence-electron chi connectivity index (χ3n) is 2.72. The zero-order chi connectivity index (χ0) is 11.6. The van der Waals surface area contributed by atoms with Gasteiger partial charge in [0.2, 0.25) is 0 Å². The molecule has 0 aromatic carbocycles. The summed E-state index contributed by atoms with van der Waals surface area (Å²) in [7, 11) is -2.51. The molecule has 4 nitrogen and oxygen atoms in total. The Kier molecular flexibility index (Phi) is 3.59. The van der Waals surface area contributed by atoms with E-state index in [9.17, 15) is 4.21 Å². The van der Waals surface area contributed by atoms with Crippen molar-refractivity contribution in [3.8, 4) is 0 Å². The van der Waals surface area contributed by atoms with Gasteiger partial charge in [-0.2, -0.15) is 0 Å². The second-order valence-corrected chi connectivity index (χ2v) is 7.01. The lowest BCUT2D eigenvalue weighted by Gasteiger charge is -2.36. The summed E-state index contributed by atoms with van der Waals surface area (Å²) in [5.41, 5.74) is 0. The van der Waals surface area contributed by atoms with Crippen molar-refractivity contribution in [1.82, 2.24) is 9.29 Å². The summed E-state index contributed by atoms with van der Waals surface area (Å²) in [4.78, 5) is 4.72. The summed E-state index contributed by atoms with van der Waals surface area (Å²) < 4.78 is 19.9. The van der Waals surface area contributed by atoms with Crippen LogP contribution in [0.5, 0.6) is 0 Å². The van der Waals surface area contributed by atoms with E-state index in [0.29, 0.717) is 31.5 Å². The topological polar surface area (TPSA) is 42.4 Å². The van der Waals surface area contributed by atoms with E-state index in [1.54, 1.807) is 24.6 Å². The normalized spacial score (nSPS) is 19.6. The van der Waals surface area contributed by atoms with Gasteiger partial charge in [0.05, 0.1) is 13.2 Å². The molecule has 0 radical (unpaired) electrons. The minimum absolute atomic E-state index is 0.422. The molecule has 2 heterocycles. The summed E-state index contributed by atoms with van der Waals surface area (Å²) in [5, 5.41) is 0.422. The van der Waals surface area contributed by atoms with Crippen LogP contribution in [0.2, 0.25) is 5.15 Å². The number of thiol groups is 1. The molecule has 0 unspecified atom stereocenters. The van der Waals surface area contributed by atoms with Crippen LogP contribution in [0.3, 0.4) is 0 Å². The molecule has 6 heteroatoms. The molecule has 1 aromatic rings. The van der Waals surface area contributed by atoms with Gasteiger partial charge in [-0.15, -0.1) is 0 Å². The second-order valence-electron chi connectivity index (χ2n) is 3.78. The molecule has 16 heavy (non-hydrogen) atoms. The van der Waals surface area contributed by atoms with Crippen molar-refractivity contribution in [2.45, 2.75) is 4.90 Å². The standard InChI is InChI=1S/C10H15ClN2O2S/c1-16(14,13-4-6-15-7-5-13)9-2-3-10(11)12-8-9/h2-3,8,16H,4-7H2,1H3. The fourth-order valence-corrected chi connectivity index (χ4v) is 3.70. The third kappa shape index (κ3) is 2.43. The van der Waals surface area contributed by atoms with Crippen LogP contribution in [0.25, 0.3) is 0 Å². The molecule has 1 aliphatic heterocycles. The summed E-state index contributed by atoms with van der Waals surface area (Å²) in [6, 6.07) is 3.46. The van der Waals surface area contributed by atoms with Crippen LogP contribution in [-0.2, 0) is 14.9 Å². The highest BCUT2D eigenvalue weighted by molar-refractivity contribution is 8.00. The maximum Gasteiger partial charge on any atom is 0.129 e. The van der Waals surface area contributed by atoms with Gasteiger partial charge >= 0.3 is 0 Å². The van der Waals surface area contributed by atoms with Gasteiger partial charge in [-0.1, -0.05) is 11.6 Å². The molecule has 1 aromatic heterocycles. The number of rotatable bonds is 2. The molecule has 1 fully saturated rings. The van der Waals surface area contributed by atoms with Crippen molar-refractivity contribution in [3.63, 3.8) is 0 Å². The molecule has 90 valence electrons. The van der Waals surface area contributed by atoms with Crippen molar-refractivity contribution >= 4 is 21.7 Å². The number of nitrogens with zero attached hydrogens (tertiary/aromatic N) is 2. The Morgan fingerprint density at radius 3 is 2.69 bits per heavy atom. The molecule has 0 amide bonds. The molecule has 0 saturated carbocycles. The van der Waals surface area contributed by atoms with Gasteiger partial charge in [0.1, 0.15) is 5.15 Å².